The van der Waals surface area contributed by atoms with Crippen molar-refractivity contribution >= 4 is 75.8 Å². The van der Waals surface area contributed by atoms with Crippen LogP contribution in [0.2, 0.25) is 0 Å². The number of para-hydroxylation sites is 1. The van der Waals surface area contributed by atoms with Crippen LogP contribution < -0.4 is 21.3 Å². The Morgan fingerprint density at radius 2 is 1.30 bits per heavy atom. The highest BCUT2D eigenvalue weighted by atomic mass is 16.5. The number of unbranched alkanes of at least 4 members (excludes halogenated alkanes) is 2. The molecule has 0 radical (unpaired) electrons. The van der Waals surface area contributed by atoms with Gasteiger partial charge in [0.1, 0.15) is 24.2 Å². The summed E-state index contributed by atoms with van der Waals surface area (Å²) in [4.78, 5) is 153. The molecule has 21 nitrogen and oxygen atoms in total. The molecule has 6 amide bonds. The van der Waals surface area contributed by atoms with Gasteiger partial charge in [-0.1, -0.05) is 77.7 Å². The lowest BCUT2D eigenvalue weighted by atomic mass is 9.89. The summed E-state index contributed by atoms with van der Waals surface area (Å²) in [5.41, 5.74) is 1.56. The van der Waals surface area contributed by atoms with Crippen molar-refractivity contribution in [2.45, 2.75) is 180 Å². The average Bonchev–Trinajstić information content (AvgIpc) is 4.17. The topological polar surface area (TPSA) is 308 Å². The summed E-state index contributed by atoms with van der Waals surface area (Å²) in [5.74, 6) is -10.0. The number of carbonyl (C=O) groups is 11. The minimum atomic E-state index is -1.43. The normalized spacial score (nSPS) is 17.8. The van der Waals surface area contributed by atoms with Gasteiger partial charge in [0, 0.05) is 74.3 Å². The number of ketones is 2. The Labute approximate surface area is 444 Å². The first-order valence-corrected chi connectivity index (χ1v) is 26.8. The lowest BCUT2D eigenvalue weighted by Gasteiger charge is -2.32. The summed E-state index contributed by atoms with van der Waals surface area (Å²) in [6, 6.07) is 0.631. The van der Waals surface area contributed by atoms with E-state index in [1.807, 2.05) is 52.0 Å². The second-order valence-electron chi connectivity index (χ2n) is 20.5. The van der Waals surface area contributed by atoms with Crippen LogP contribution >= 0.6 is 0 Å². The van der Waals surface area contributed by atoms with Gasteiger partial charge in [-0.15, -0.1) is 0 Å². The Balaban J connectivity index is 1.55. The molecule has 0 unspecified atom stereocenters. The number of aliphatic carboxylic acids is 2. The molecule has 4 rings (SSSR count). The average molecular weight is 1060 g/mol. The number of hydrogen-bond donors (Lipinski definition) is 7. The van der Waals surface area contributed by atoms with E-state index in [0.29, 0.717) is 38.5 Å². The van der Waals surface area contributed by atoms with Crippen molar-refractivity contribution < 1.29 is 67.7 Å². The van der Waals surface area contributed by atoms with Crippen molar-refractivity contribution in [3.63, 3.8) is 0 Å². The fraction of sp³-hybridized carbons (Fsp3) is 0.618. The molecule has 2 aromatic rings. The molecule has 21 heteroatoms. The number of aromatic amines is 1. The number of fused-ring (bicyclic) bond motifs is 1. The quantitative estimate of drug-likeness (QED) is 0.0397. The zero-order chi connectivity index (χ0) is 56.1. The first-order valence-electron chi connectivity index (χ1n) is 26.8. The molecule has 418 valence electrons. The molecule has 0 aliphatic carbocycles. The van der Waals surface area contributed by atoms with Gasteiger partial charge in [0.25, 0.3) is 0 Å². The van der Waals surface area contributed by atoms with Crippen molar-refractivity contribution in [3.8, 4) is 0 Å². The number of carboxylic acid groups (broad SMARTS) is 2. The predicted molar refractivity (Wildman–Crippen MR) is 280 cm³/mol. The number of likely N-dealkylation sites (tertiary alicyclic amines) is 2. The summed E-state index contributed by atoms with van der Waals surface area (Å²) in [6.07, 6.45) is 7.51. The third kappa shape index (κ3) is 18.4. The second-order valence-corrected chi connectivity index (χ2v) is 20.5. The van der Waals surface area contributed by atoms with E-state index in [1.165, 1.54) is 23.0 Å². The molecule has 2 aliphatic heterocycles. The number of esters is 1. The molecular weight excluding hydrogens is 983 g/mol. The maximum Gasteiger partial charge on any atom is 0.330 e. The number of Topliss-reactive ketones (excluding diaryl/α,β-unsaturated/α-hetero) is 2. The van der Waals surface area contributed by atoms with Crippen LogP contribution in [-0.2, 0) is 63.9 Å². The number of ether oxygens (including phenoxy) is 1. The fourth-order valence-electron chi connectivity index (χ4n) is 10.1. The van der Waals surface area contributed by atoms with E-state index in [0.717, 1.165) is 29.5 Å². The third-order valence-electron chi connectivity index (χ3n) is 14.1. The molecule has 2 fully saturated rings. The van der Waals surface area contributed by atoms with Gasteiger partial charge in [0.15, 0.2) is 11.6 Å². The van der Waals surface area contributed by atoms with Crippen molar-refractivity contribution in [2.24, 2.45) is 17.8 Å². The van der Waals surface area contributed by atoms with Gasteiger partial charge >= 0.3 is 17.9 Å². The third-order valence-corrected chi connectivity index (χ3v) is 14.1. The summed E-state index contributed by atoms with van der Waals surface area (Å²) in [7, 11) is 1.19. The highest BCUT2D eigenvalue weighted by Gasteiger charge is 2.43. The SMILES string of the molecule is CCCC[C@H](CC(=O)[C@H](CCCC)NC(=O)[C@H](CC/C=C/C(=O)OC)CC(=O)[C@@H](CC(=O)O)NC(C)=O)C(=O)N[C@@H](CC(C)C)C(=O)N1CCC[C@H]1C(=O)N[C@@H](Cc1c[nH]c2ccccc12)C(=O)N1CCC[C@H]1C(=O)O. The number of amides is 6. The van der Waals surface area contributed by atoms with E-state index in [9.17, 15) is 63.0 Å². The smallest absolute Gasteiger partial charge is 0.330 e. The number of allylic oxidation sites excluding steroid dienone is 1. The van der Waals surface area contributed by atoms with Crippen LogP contribution in [0.5, 0.6) is 0 Å². The van der Waals surface area contributed by atoms with Crippen molar-refractivity contribution in [3.05, 3.63) is 48.2 Å². The summed E-state index contributed by atoms with van der Waals surface area (Å²) >= 11 is 0. The molecule has 2 aliphatic rings. The van der Waals surface area contributed by atoms with Crippen LogP contribution in [0.25, 0.3) is 10.9 Å². The number of benzene rings is 1. The Morgan fingerprint density at radius 3 is 1.91 bits per heavy atom. The number of H-pyrrole nitrogens is 1. The van der Waals surface area contributed by atoms with Crippen LogP contribution in [0.4, 0.5) is 0 Å². The number of methoxy groups -OCH3 is 1. The van der Waals surface area contributed by atoms with E-state index in [1.54, 1.807) is 6.20 Å². The molecule has 0 bridgehead atoms. The number of carboxylic acids is 2. The number of nitrogens with one attached hydrogen (secondary N) is 5. The van der Waals surface area contributed by atoms with Gasteiger partial charge in [-0.3, -0.25) is 43.2 Å². The fourth-order valence-corrected chi connectivity index (χ4v) is 10.1. The van der Waals surface area contributed by atoms with E-state index in [-0.39, 0.29) is 76.8 Å². The minimum Gasteiger partial charge on any atom is -0.481 e. The maximum atomic E-state index is 14.7. The lowest BCUT2D eigenvalue weighted by Crippen LogP contribution is -2.58. The standard InChI is InChI=1S/C55H79N7O14/c1-7-9-17-35(29-46(64)40(20-10-8-2)58-50(69)36(18-11-14-24-49(68)76-6)30-47(65)41(31-48(66)67)57-34(5)63)51(70)59-42(27-33(3)4)53(72)61-25-15-22-44(61)52(71)60-43(54(73)62-26-16-23-45(62)55(74)75)28-37-32-56-39-21-13-12-19-38(37)39/h12-14,19,21,24,32-33,35-36,40-45,56H,7-11,15-18,20,22-23,25-31H2,1-6H3,(H,57,63)(H,58,69)(H,59,70)(H,60,71)(H,66,67)(H,74,75)/b24-14+/t35-,36-,40+,41-,42+,43+,44+,45+/m1/s1. The van der Waals surface area contributed by atoms with Crippen molar-refractivity contribution in [2.75, 3.05) is 20.2 Å². The number of rotatable bonds is 32. The van der Waals surface area contributed by atoms with Gasteiger partial charge < -0.3 is 51.0 Å². The summed E-state index contributed by atoms with van der Waals surface area (Å²) in [5, 5.41) is 31.2. The van der Waals surface area contributed by atoms with E-state index >= 15 is 0 Å². The van der Waals surface area contributed by atoms with Crippen LogP contribution in [0.1, 0.15) is 143 Å². The first-order chi connectivity index (χ1) is 36.2. The maximum absolute atomic E-state index is 14.7. The lowest BCUT2D eigenvalue weighted by molar-refractivity contribution is -0.149. The summed E-state index contributed by atoms with van der Waals surface area (Å²) < 4.78 is 4.63. The molecule has 1 aromatic carbocycles. The molecule has 8 atom stereocenters. The first kappa shape index (κ1) is 61.6. The molecule has 0 spiro atoms. The molecule has 3 heterocycles. The van der Waals surface area contributed by atoms with Gasteiger partial charge in [-0.2, -0.15) is 0 Å². The highest BCUT2D eigenvalue weighted by Crippen LogP contribution is 2.26. The minimum absolute atomic E-state index is 0.00147. The Kier molecular flexibility index (Phi) is 24.8. The molecule has 76 heavy (non-hydrogen) atoms. The zero-order valence-electron chi connectivity index (χ0n) is 44.9. The largest absolute Gasteiger partial charge is 0.481 e. The molecular formula is C55H79N7O14. The number of carbonyl (C=O) groups excluding carboxylic acids is 9. The van der Waals surface area contributed by atoms with Gasteiger partial charge in [-0.05, 0) is 75.3 Å². The highest BCUT2D eigenvalue weighted by molar-refractivity contribution is 5.99. The molecule has 2 saturated heterocycles. The number of hydrogen-bond acceptors (Lipinski definition) is 12. The molecule has 1 aromatic heterocycles. The Morgan fingerprint density at radius 1 is 0.724 bits per heavy atom. The predicted octanol–water partition coefficient (Wildman–Crippen LogP) is 4.30. The van der Waals surface area contributed by atoms with Crippen LogP contribution in [-0.4, -0.2) is 146 Å². The van der Waals surface area contributed by atoms with Gasteiger partial charge in [0.05, 0.1) is 25.6 Å². The Bertz CT molecular complexity index is 2400. The van der Waals surface area contributed by atoms with Crippen LogP contribution in [0, 0.1) is 17.8 Å². The Hall–Kier alpha value is -6.93. The van der Waals surface area contributed by atoms with Gasteiger partial charge in [-0.25, -0.2) is 9.59 Å². The van der Waals surface area contributed by atoms with Gasteiger partial charge in [0.2, 0.25) is 35.4 Å². The van der Waals surface area contributed by atoms with E-state index < -0.39 is 126 Å². The van der Waals surface area contributed by atoms with Crippen molar-refractivity contribution in [1.29, 1.82) is 0 Å². The number of aromatic nitrogens is 1. The van der Waals surface area contributed by atoms with E-state index in [2.05, 4.69) is 31.0 Å². The number of nitrogens with zero attached hydrogens (tertiary/aromatic N) is 2. The zero-order valence-corrected chi connectivity index (χ0v) is 44.9. The summed E-state index contributed by atoms with van der Waals surface area (Å²) in [6.45, 7) is 9.11. The van der Waals surface area contributed by atoms with Crippen LogP contribution in [0.3, 0.4) is 0 Å². The molecule has 7 N–H and O–H groups in total. The van der Waals surface area contributed by atoms with Crippen LogP contribution in [0.15, 0.2) is 42.6 Å². The van der Waals surface area contributed by atoms with Crippen molar-refractivity contribution in [1.82, 2.24) is 36.1 Å². The van der Waals surface area contributed by atoms with E-state index in [4.69, 9.17) is 0 Å². The monoisotopic (exact) mass is 1060 g/mol. The molecule has 0 saturated carbocycles. The second kappa shape index (κ2) is 30.6.